The Labute approximate surface area is 233 Å². The molecule has 0 saturated heterocycles. The minimum atomic E-state index is -0.988. The fourth-order valence-electron chi connectivity index (χ4n) is 5.83. The molecule has 4 nitrogen and oxygen atoms in total. The van der Waals surface area contributed by atoms with Crippen LogP contribution in [0.3, 0.4) is 0 Å². The number of furan rings is 1. The van der Waals surface area contributed by atoms with E-state index in [1.807, 2.05) is 42.5 Å². The van der Waals surface area contributed by atoms with Crippen LogP contribution in [-0.2, 0) is 10.3 Å². The van der Waals surface area contributed by atoms with Crippen molar-refractivity contribution >= 4 is 22.4 Å². The first-order valence-electron chi connectivity index (χ1n) is 14.8. The van der Waals surface area contributed by atoms with Gasteiger partial charge in [-0.05, 0) is 37.0 Å². The van der Waals surface area contributed by atoms with Crippen LogP contribution >= 0.6 is 0 Å². The Morgan fingerprint density at radius 2 is 1.49 bits per heavy atom. The molecule has 1 aromatic heterocycles. The van der Waals surface area contributed by atoms with Crippen LogP contribution in [0.2, 0.25) is 0 Å². The molecule has 0 amide bonds. The highest BCUT2D eigenvalue weighted by Crippen LogP contribution is 2.50. The van der Waals surface area contributed by atoms with E-state index in [1.54, 1.807) is 0 Å². The summed E-state index contributed by atoms with van der Waals surface area (Å²) in [5, 5.41) is 0.858. The summed E-state index contributed by atoms with van der Waals surface area (Å²) < 4.78 is 13.7. The second-order valence-corrected chi connectivity index (χ2v) is 10.7. The molecule has 0 spiro atoms. The number of ether oxygens (including phenoxy) is 1. The molecule has 204 valence electrons. The molecule has 4 heteroatoms. The molecule has 39 heavy (non-hydrogen) atoms. The van der Waals surface area contributed by atoms with Crippen LogP contribution < -0.4 is 4.90 Å². The summed E-state index contributed by atoms with van der Waals surface area (Å²) in [5.74, 6) is 0.611. The monoisotopic (exact) mass is 523 g/mol. The number of hydrogen-bond acceptors (Lipinski definition) is 4. The van der Waals surface area contributed by atoms with Crippen molar-refractivity contribution in [3.63, 3.8) is 0 Å². The standard InChI is InChI=1S/C35H41NO3/c1-4-7-15-24-38-35(26-16-11-10-12-17-26)30-19-14-13-18-28(30)33(37)32-29-21-20-27(25-31(29)39-34(32)35)36(22-8-5-2)23-9-6-3/h10-14,16-21,25H,4-9,15,22-24H2,1-3H3. The number of carbonyl (C=O) groups is 1. The third-order valence-electron chi connectivity index (χ3n) is 7.95. The van der Waals surface area contributed by atoms with Crippen molar-refractivity contribution in [2.45, 2.75) is 71.3 Å². The molecule has 1 atom stereocenters. The lowest BCUT2D eigenvalue weighted by atomic mass is 9.73. The number of hydrogen-bond donors (Lipinski definition) is 0. The van der Waals surface area contributed by atoms with Gasteiger partial charge in [-0.1, -0.05) is 101 Å². The van der Waals surface area contributed by atoms with E-state index in [9.17, 15) is 4.79 Å². The SMILES string of the molecule is CCCCCOC1(c2ccccc2)c2ccccc2C(=O)c2c1oc1cc(N(CCCC)CCCC)ccc21. The van der Waals surface area contributed by atoms with Crippen molar-refractivity contribution in [1.29, 1.82) is 0 Å². The quantitative estimate of drug-likeness (QED) is 0.164. The molecular formula is C35H41NO3. The molecule has 4 aromatic rings. The van der Waals surface area contributed by atoms with E-state index in [0.717, 1.165) is 85.8 Å². The summed E-state index contributed by atoms with van der Waals surface area (Å²) in [4.78, 5) is 16.5. The molecule has 0 saturated carbocycles. The maximum absolute atomic E-state index is 14.1. The van der Waals surface area contributed by atoms with E-state index < -0.39 is 5.60 Å². The zero-order valence-electron chi connectivity index (χ0n) is 23.7. The molecule has 5 rings (SSSR count). The van der Waals surface area contributed by atoms with E-state index >= 15 is 0 Å². The number of anilines is 1. The van der Waals surface area contributed by atoms with Gasteiger partial charge in [-0.2, -0.15) is 0 Å². The normalized spacial score (nSPS) is 16.3. The number of unbranched alkanes of at least 4 members (excludes halogenated alkanes) is 4. The van der Waals surface area contributed by atoms with Crippen molar-refractivity contribution in [2.24, 2.45) is 0 Å². The zero-order chi connectivity index (χ0) is 27.2. The predicted molar refractivity (Wildman–Crippen MR) is 160 cm³/mol. The molecule has 0 radical (unpaired) electrons. The highest BCUT2D eigenvalue weighted by atomic mass is 16.5. The summed E-state index contributed by atoms with van der Waals surface area (Å²) in [6, 6.07) is 24.5. The summed E-state index contributed by atoms with van der Waals surface area (Å²) in [6.45, 7) is 9.27. The fourth-order valence-corrected chi connectivity index (χ4v) is 5.83. The van der Waals surface area contributed by atoms with Gasteiger partial charge in [0.2, 0.25) is 0 Å². The first kappa shape index (κ1) is 27.2. The van der Waals surface area contributed by atoms with E-state index in [1.165, 1.54) is 0 Å². The molecule has 0 fully saturated rings. The lowest BCUT2D eigenvalue weighted by molar-refractivity contribution is -0.00558. The van der Waals surface area contributed by atoms with Gasteiger partial charge in [0.15, 0.2) is 17.1 Å². The third-order valence-corrected chi connectivity index (χ3v) is 7.95. The minimum absolute atomic E-state index is 0.00429. The molecule has 0 aliphatic heterocycles. The van der Waals surface area contributed by atoms with Crippen LogP contribution in [0, 0.1) is 0 Å². The van der Waals surface area contributed by atoms with Gasteiger partial charge in [0.05, 0.1) is 5.56 Å². The van der Waals surface area contributed by atoms with Crippen LogP contribution in [0.5, 0.6) is 0 Å². The minimum Gasteiger partial charge on any atom is -0.456 e. The smallest absolute Gasteiger partial charge is 0.197 e. The second-order valence-electron chi connectivity index (χ2n) is 10.7. The zero-order valence-corrected chi connectivity index (χ0v) is 23.7. The third kappa shape index (κ3) is 5.03. The molecule has 3 aromatic carbocycles. The summed E-state index contributed by atoms with van der Waals surface area (Å²) in [7, 11) is 0. The Balaban J connectivity index is 1.71. The largest absolute Gasteiger partial charge is 0.456 e. The van der Waals surface area contributed by atoms with E-state index in [0.29, 0.717) is 23.5 Å². The molecule has 0 N–H and O–H groups in total. The highest BCUT2D eigenvalue weighted by molar-refractivity contribution is 6.19. The summed E-state index contributed by atoms with van der Waals surface area (Å²) >= 11 is 0. The molecule has 1 heterocycles. The number of carbonyl (C=O) groups excluding carboxylic acids is 1. The van der Waals surface area contributed by atoms with Crippen LogP contribution in [0.1, 0.15) is 98.5 Å². The molecule has 0 bridgehead atoms. The average Bonchev–Trinajstić information content (AvgIpc) is 3.37. The van der Waals surface area contributed by atoms with Crippen molar-refractivity contribution < 1.29 is 13.9 Å². The number of rotatable bonds is 13. The Kier molecular flexibility index (Phi) is 8.52. The number of benzene rings is 3. The van der Waals surface area contributed by atoms with Crippen LogP contribution in [0.4, 0.5) is 5.69 Å². The van der Waals surface area contributed by atoms with Crippen molar-refractivity contribution in [3.8, 4) is 0 Å². The molecule has 1 aliphatic rings. The molecule has 1 aliphatic carbocycles. The molecular weight excluding hydrogens is 482 g/mol. The van der Waals surface area contributed by atoms with Gasteiger partial charge in [-0.15, -0.1) is 0 Å². The van der Waals surface area contributed by atoms with E-state index in [2.05, 4.69) is 56.0 Å². The average molecular weight is 524 g/mol. The van der Waals surface area contributed by atoms with Gasteiger partial charge in [0.25, 0.3) is 0 Å². The van der Waals surface area contributed by atoms with Crippen LogP contribution in [-0.4, -0.2) is 25.5 Å². The first-order valence-corrected chi connectivity index (χ1v) is 14.8. The van der Waals surface area contributed by atoms with Crippen molar-refractivity contribution in [1.82, 2.24) is 0 Å². The molecule has 1 unspecified atom stereocenters. The van der Waals surface area contributed by atoms with Gasteiger partial charge in [0, 0.05) is 48.0 Å². The lowest BCUT2D eigenvalue weighted by Gasteiger charge is -2.37. The number of ketones is 1. The van der Waals surface area contributed by atoms with Crippen LogP contribution in [0.15, 0.2) is 77.2 Å². The Bertz CT molecular complexity index is 1400. The second kappa shape index (κ2) is 12.2. The fraction of sp³-hybridized carbons (Fsp3) is 0.400. The first-order chi connectivity index (χ1) is 19.2. The Morgan fingerprint density at radius 1 is 0.795 bits per heavy atom. The van der Waals surface area contributed by atoms with Gasteiger partial charge in [-0.3, -0.25) is 4.79 Å². The number of fused-ring (bicyclic) bond motifs is 4. The van der Waals surface area contributed by atoms with E-state index in [4.69, 9.17) is 9.15 Å². The maximum atomic E-state index is 14.1. The van der Waals surface area contributed by atoms with Crippen molar-refractivity contribution in [3.05, 3.63) is 101 Å². The van der Waals surface area contributed by atoms with Crippen LogP contribution in [0.25, 0.3) is 11.0 Å². The summed E-state index contributed by atoms with van der Waals surface area (Å²) in [5.41, 5.74) is 4.06. The Hall–Kier alpha value is -3.37. The lowest BCUT2D eigenvalue weighted by Crippen LogP contribution is -2.39. The van der Waals surface area contributed by atoms with Gasteiger partial charge >= 0.3 is 0 Å². The summed E-state index contributed by atoms with van der Waals surface area (Å²) in [6.07, 6.45) is 7.75. The maximum Gasteiger partial charge on any atom is 0.197 e. The van der Waals surface area contributed by atoms with Crippen molar-refractivity contribution in [2.75, 3.05) is 24.6 Å². The van der Waals surface area contributed by atoms with Gasteiger partial charge in [0.1, 0.15) is 5.58 Å². The predicted octanol–water partition coefficient (Wildman–Crippen LogP) is 8.88. The van der Waals surface area contributed by atoms with Gasteiger partial charge in [-0.25, -0.2) is 0 Å². The topological polar surface area (TPSA) is 42.7 Å². The number of nitrogens with zero attached hydrogens (tertiary/aromatic N) is 1. The van der Waals surface area contributed by atoms with E-state index in [-0.39, 0.29) is 5.78 Å². The highest BCUT2D eigenvalue weighted by Gasteiger charge is 2.50. The Morgan fingerprint density at radius 3 is 2.21 bits per heavy atom. The van der Waals surface area contributed by atoms with Gasteiger partial charge < -0.3 is 14.1 Å².